The number of carbonyl (C=O) groups is 10. The van der Waals surface area contributed by atoms with E-state index in [0.717, 1.165) is 95.5 Å². The van der Waals surface area contributed by atoms with Crippen LogP contribution < -0.4 is 49.1 Å². The van der Waals surface area contributed by atoms with Crippen LogP contribution in [0.5, 0.6) is 0 Å². The van der Waals surface area contributed by atoms with Crippen molar-refractivity contribution in [1.82, 2.24) is 61.3 Å². The molecule has 10 aliphatic rings. The van der Waals surface area contributed by atoms with Crippen LogP contribution in [0.15, 0.2) is 12.2 Å². The van der Waals surface area contributed by atoms with Crippen LogP contribution in [0.4, 0.5) is 9.59 Å². The first-order valence-electron chi connectivity index (χ1n) is 36.9. The lowest BCUT2D eigenvalue weighted by Gasteiger charge is -2.54. The first-order valence-corrected chi connectivity index (χ1v) is 36.9. The molecule has 29 heteroatoms. The number of ether oxygens (including phenoxy) is 3. The predicted molar refractivity (Wildman–Crippen MR) is 360 cm³/mol. The zero-order valence-corrected chi connectivity index (χ0v) is 58.3. The summed E-state index contributed by atoms with van der Waals surface area (Å²) in [6.45, 7) is 15.7. The van der Waals surface area contributed by atoms with Crippen molar-refractivity contribution in [2.45, 2.75) is 229 Å². The minimum Gasteiger partial charge on any atom is -0.449 e. The quantitative estimate of drug-likeness (QED) is 0.0372. The van der Waals surface area contributed by atoms with E-state index in [1.54, 1.807) is 23.6 Å². The van der Waals surface area contributed by atoms with Gasteiger partial charge in [0.15, 0.2) is 0 Å². The van der Waals surface area contributed by atoms with Gasteiger partial charge in [0.2, 0.25) is 35.4 Å². The van der Waals surface area contributed by atoms with E-state index in [0.29, 0.717) is 89.4 Å². The number of fused-ring (bicyclic) bond motifs is 2. The summed E-state index contributed by atoms with van der Waals surface area (Å²) in [5.74, 6) is -2.35. The lowest BCUT2D eigenvalue weighted by atomic mass is 9.78. The monoisotopic (exact) mass is 1380 g/mol. The molecular weight excluding hydrogens is 1260 g/mol. The van der Waals surface area contributed by atoms with Crippen LogP contribution >= 0.6 is 0 Å². The largest absolute Gasteiger partial charge is 0.449 e. The van der Waals surface area contributed by atoms with E-state index in [1.807, 2.05) is 0 Å². The molecule has 98 heavy (non-hydrogen) atoms. The Bertz CT molecular complexity index is 2840. The number of piperidine rings is 2. The molecule has 3 saturated carbocycles. The minimum absolute atomic E-state index is 0.0120. The number of urea groups is 1. The number of nitrogens with two attached hydrogens (primary N) is 3. The maximum Gasteiger partial charge on any atom is 0.411 e. The molecule has 11 amide bonds. The number of nitrogens with zero attached hydrogens (tertiary/aromatic N) is 6. The topological polar surface area (TPSA) is 388 Å². The Morgan fingerprint density at radius 3 is 2.31 bits per heavy atom. The number of piperazine rings is 2. The molecule has 548 valence electrons. The normalized spacial score (nSPS) is 33.6. The molecule has 0 aromatic carbocycles. The molecule has 0 aromatic heterocycles. The molecule has 7 heterocycles. The number of imide groups is 2. The third-order valence-electron chi connectivity index (χ3n) is 23.5. The number of hydrogen-bond donors (Lipinski definition) is 10. The average Bonchev–Trinajstić information content (AvgIpc) is 1.55. The fourth-order valence-corrected chi connectivity index (χ4v) is 17.8. The predicted octanol–water partition coefficient (Wildman–Crippen LogP) is 0.303. The number of aliphatic hydroxyl groups is 1. The summed E-state index contributed by atoms with van der Waals surface area (Å²) in [5.41, 5.74) is 19.2. The molecule has 29 nitrogen and oxygen atoms in total. The van der Waals surface area contributed by atoms with Gasteiger partial charge in [0.05, 0.1) is 44.7 Å². The Labute approximate surface area is 576 Å². The van der Waals surface area contributed by atoms with Crippen molar-refractivity contribution in [1.29, 1.82) is 0 Å². The second-order valence-electron chi connectivity index (χ2n) is 30.4. The second-order valence-corrected chi connectivity index (χ2v) is 30.4. The van der Waals surface area contributed by atoms with E-state index in [4.69, 9.17) is 31.4 Å². The third-order valence-corrected chi connectivity index (χ3v) is 23.5. The van der Waals surface area contributed by atoms with Crippen LogP contribution in [0.2, 0.25) is 0 Å². The van der Waals surface area contributed by atoms with Gasteiger partial charge in [0.25, 0.3) is 11.8 Å². The summed E-state index contributed by atoms with van der Waals surface area (Å²) in [6.07, 6.45) is 13.2. The third kappa shape index (κ3) is 18.6. The van der Waals surface area contributed by atoms with Crippen LogP contribution in [0.3, 0.4) is 0 Å². The fourth-order valence-electron chi connectivity index (χ4n) is 17.8. The maximum absolute atomic E-state index is 14.6. The van der Waals surface area contributed by atoms with Gasteiger partial charge in [-0.3, -0.25) is 68.6 Å². The number of amides is 11. The lowest BCUT2D eigenvalue weighted by molar-refractivity contribution is -0.145. The minimum atomic E-state index is -1.01. The van der Waals surface area contributed by atoms with E-state index in [1.165, 1.54) is 12.2 Å². The van der Waals surface area contributed by atoms with E-state index in [-0.39, 0.29) is 136 Å². The van der Waals surface area contributed by atoms with E-state index >= 15 is 0 Å². The van der Waals surface area contributed by atoms with Gasteiger partial charge in [-0.05, 0) is 138 Å². The Morgan fingerprint density at radius 2 is 1.61 bits per heavy atom. The number of rotatable bonds is 28. The van der Waals surface area contributed by atoms with Crippen molar-refractivity contribution in [2.75, 3.05) is 91.8 Å². The standard InChI is InChI=1S/C69H113N15O14/c1-5-69-34-48(98-65-42(4)31-44(35-74-65)36-79-24-26-80(27-25-79)47-17-14-45-37-82(66(93)50(45)32-47)53-18-19-56(86)78-63(53)91)38-84(69)54(33-51(70)49-9-6-7-11-55(49)85)61(71)83(40-69)68(95)97-39-43-12-15-46(16-13-43)75-62(90)52(10-8-23-73-67(72)94)76-64(92)60(41(2)3)77-57(87)22-29-96-30-28-81-58(88)20-21-59(81)89/h20-21,41-55,60-61,65,74,85H,5-19,22-40,70-71H2,1-4H3,(H,75,90)(H,76,92)(H,77,87)(H3,72,73,94)(H,78,86,91)/t42?,43?,44?,45?,46?,47?,48-,49?,50?,51?,52+,53+,54?,55?,60+,61?,65?,69+/m1/s1. The highest BCUT2D eigenvalue weighted by molar-refractivity contribution is 6.12. The SMILES string of the molecule is CC[C@@]12C[C@@H](OC3NCC(CN4CCN(C5CCC6CN([C@H]7CCC(=O)NC7=O)C(=O)C6C5)CC4)CC3C)CN1C(CC(N)C1CCCCC1O)C(N)N(C(=O)OCC1CCC(NC(=O)[C@H](CCCNC(N)=O)NC(=O)[C@@H](NC(=O)CCOCCN3C(=O)C=CC3=O)C(C)C)CC1)C2. The first-order chi connectivity index (χ1) is 47.0. The molecular formula is C69H113N15O14. The van der Waals surface area contributed by atoms with Crippen molar-refractivity contribution in [3.63, 3.8) is 0 Å². The molecule has 0 bridgehead atoms. The molecule has 9 fully saturated rings. The van der Waals surface area contributed by atoms with Crippen molar-refractivity contribution in [3.8, 4) is 0 Å². The highest BCUT2D eigenvalue weighted by Gasteiger charge is 2.57. The number of carbonyl (C=O) groups excluding carboxylic acids is 10. The van der Waals surface area contributed by atoms with Crippen molar-refractivity contribution < 1.29 is 67.3 Å². The molecule has 3 aliphatic carbocycles. The summed E-state index contributed by atoms with van der Waals surface area (Å²) in [5, 5.41) is 28.7. The van der Waals surface area contributed by atoms with Crippen LogP contribution in [-0.2, 0) is 52.6 Å². The molecule has 13 N–H and O–H groups in total. The second kappa shape index (κ2) is 34.2. The Hall–Kier alpha value is -5.92. The summed E-state index contributed by atoms with van der Waals surface area (Å²) in [7, 11) is 0. The smallest absolute Gasteiger partial charge is 0.411 e. The Morgan fingerprint density at radius 1 is 0.867 bits per heavy atom. The zero-order valence-electron chi connectivity index (χ0n) is 58.3. The van der Waals surface area contributed by atoms with E-state index in [9.17, 15) is 53.1 Å². The summed E-state index contributed by atoms with van der Waals surface area (Å²) < 4.78 is 18.8. The number of likely N-dealkylation sites (tertiary alicyclic amines) is 1. The molecule has 0 spiro atoms. The Kier molecular flexibility index (Phi) is 26.1. The van der Waals surface area contributed by atoms with Crippen LogP contribution in [0, 0.1) is 41.4 Å². The van der Waals surface area contributed by atoms with Gasteiger partial charge >= 0.3 is 12.1 Å². The van der Waals surface area contributed by atoms with E-state index in [2.05, 4.69) is 60.4 Å². The number of hydrogen-bond acceptors (Lipinski definition) is 20. The van der Waals surface area contributed by atoms with Gasteiger partial charge in [-0.2, -0.15) is 0 Å². The molecule has 7 aliphatic heterocycles. The fraction of sp³-hybridized carbons (Fsp3) is 0.826. The summed E-state index contributed by atoms with van der Waals surface area (Å²) in [6, 6.07) is -3.81. The molecule has 0 radical (unpaired) electrons. The molecule has 0 aromatic rings. The summed E-state index contributed by atoms with van der Waals surface area (Å²) in [4.78, 5) is 141. The molecule has 11 unspecified atom stereocenters. The van der Waals surface area contributed by atoms with Gasteiger partial charge in [-0.15, -0.1) is 0 Å². The summed E-state index contributed by atoms with van der Waals surface area (Å²) >= 11 is 0. The van der Waals surface area contributed by atoms with E-state index < -0.39 is 77.6 Å². The number of nitrogens with one attached hydrogen (secondary N) is 6. The van der Waals surface area contributed by atoms with Crippen molar-refractivity contribution in [2.24, 2.45) is 58.6 Å². The van der Waals surface area contributed by atoms with Gasteiger partial charge in [0, 0.05) is 126 Å². The highest BCUT2D eigenvalue weighted by atomic mass is 16.6. The van der Waals surface area contributed by atoms with Gasteiger partial charge in [0.1, 0.15) is 24.4 Å². The van der Waals surface area contributed by atoms with Crippen LogP contribution in [-0.4, -0.2) is 258 Å². The molecule has 6 saturated heterocycles. The lowest BCUT2D eigenvalue weighted by Crippen LogP contribution is -2.72. The van der Waals surface area contributed by atoms with Crippen molar-refractivity contribution >= 4 is 59.4 Å². The van der Waals surface area contributed by atoms with Crippen LogP contribution in [0.1, 0.15) is 156 Å². The Balaban J connectivity index is 0.684. The molecule has 16 atom stereocenters. The number of aliphatic hydroxyl groups excluding tert-OH is 1. The highest BCUT2D eigenvalue weighted by Crippen LogP contribution is 2.45. The van der Waals surface area contributed by atoms with Gasteiger partial charge in [-0.25, -0.2) is 9.59 Å². The molecule has 10 rings (SSSR count). The van der Waals surface area contributed by atoms with Crippen LogP contribution in [0.25, 0.3) is 0 Å². The van der Waals surface area contributed by atoms with Gasteiger partial charge < -0.3 is 67.6 Å². The maximum atomic E-state index is 14.6. The van der Waals surface area contributed by atoms with Gasteiger partial charge in [-0.1, -0.05) is 40.5 Å². The number of primary amides is 1. The zero-order chi connectivity index (χ0) is 69.9. The first kappa shape index (κ1) is 74.8. The van der Waals surface area contributed by atoms with Crippen molar-refractivity contribution in [3.05, 3.63) is 12.2 Å². The average molecular weight is 1380 g/mol.